The minimum absolute atomic E-state index is 0.0270. The Bertz CT molecular complexity index is 1320. The number of anilines is 1. The number of ether oxygens (including phenoxy) is 3. The predicted molar refractivity (Wildman–Crippen MR) is 136 cm³/mol. The highest BCUT2D eigenvalue weighted by atomic mass is 16.5. The van der Waals surface area contributed by atoms with Crippen LogP contribution in [0.25, 0.3) is 11.0 Å². The van der Waals surface area contributed by atoms with E-state index in [9.17, 15) is 4.79 Å². The molecule has 35 heavy (non-hydrogen) atoms. The van der Waals surface area contributed by atoms with Crippen molar-refractivity contribution < 1.29 is 19.0 Å². The molecule has 1 aliphatic heterocycles. The van der Waals surface area contributed by atoms with Gasteiger partial charge in [-0.25, -0.2) is 4.98 Å². The number of fused-ring (bicyclic) bond motifs is 1. The second-order valence-corrected chi connectivity index (χ2v) is 8.57. The van der Waals surface area contributed by atoms with Crippen molar-refractivity contribution in [1.29, 1.82) is 0 Å². The molecule has 0 saturated carbocycles. The standard InChI is InChI=1S/C28H29N3O4/c1-33-22-13-14-26(34-2)25(18-22)31-19-20(17-27(31)32)28-29-23-11-6-7-12-24(23)30(28)15-8-16-35-21-9-4-3-5-10-21/h3-7,9-14,18,20H,8,15-17,19H2,1-2H3/t20-/m0/s1. The molecule has 1 aromatic heterocycles. The fourth-order valence-electron chi connectivity index (χ4n) is 4.69. The van der Waals surface area contributed by atoms with Crippen molar-refractivity contribution in [3.63, 3.8) is 0 Å². The highest BCUT2D eigenvalue weighted by Gasteiger charge is 2.36. The lowest BCUT2D eigenvalue weighted by Gasteiger charge is -2.20. The zero-order valence-electron chi connectivity index (χ0n) is 20.0. The molecule has 0 radical (unpaired) electrons. The van der Waals surface area contributed by atoms with Crippen LogP contribution in [0.1, 0.15) is 24.6 Å². The van der Waals surface area contributed by atoms with Gasteiger partial charge in [-0.3, -0.25) is 4.79 Å². The summed E-state index contributed by atoms with van der Waals surface area (Å²) in [4.78, 5) is 19.9. The van der Waals surface area contributed by atoms with E-state index in [4.69, 9.17) is 19.2 Å². The van der Waals surface area contributed by atoms with Gasteiger partial charge in [-0.05, 0) is 42.8 Å². The van der Waals surface area contributed by atoms with Crippen LogP contribution in [0, 0.1) is 0 Å². The SMILES string of the molecule is COc1ccc(OC)c(N2C[C@@H](c3nc4ccccc4n3CCCOc3ccccc3)CC2=O)c1. The lowest BCUT2D eigenvalue weighted by molar-refractivity contribution is -0.117. The van der Waals surface area contributed by atoms with Gasteiger partial charge < -0.3 is 23.7 Å². The summed E-state index contributed by atoms with van der Waals surface area (Å²) in [5, 5.41) is 0. The molecule has 5 rings (SSSR count). The average Bonchev–Trinajstić information content (AvgIpc) is 3.47. The summed E-state index contributed by atoms with van der Waals surface area (Å²) in [5.41, 5.74) is 2.74. The van der Waals surface area contributed by atoms with E-state index >= 15 is 0 Å². The van der Waals surface area contributed by atoms with Gasteiger partial charge in [-0.15, -0.1) is 0 Å². The molecule has 0 aliphatic carbocycles. The molecule has 0 unspecified atom stereocenters. The molecular formula is C28H29N3O4. The van der Waals surface area contributed by atoms with Crippen LogP contribution in [0.4, 0.5) is 5.69 Å². The van der Waals surface area contributed by atoms with E-state index in [0.29, 0.717) is 31.1 Å². The summed E-state index contributed by atoms with van der Waals surface area (Å²) in [7, 11) is 3.23. The monoisotopic (exact) mass is 471 g/mol. The third-order valence-electron chi connectivity index (χ3n) is 6.39. The number of nitrogens with zero attached hydrogens (tertiary/aromatic N) is 3. The first kappa shape index (κ1) is 22.8. The molecule has 1 fully saturated rings. The average molecular weight is 472 g/mol. The smallest absolute Gasteiger partial charge is 0.227 e. The zero-order chi connectivity index (χ0) is 24.2. The van der Waals surface area contributed by atoms with E-state index in [2.05, 4.69) is 10.6 Å². The van der Waals surface area contributed by atoms with Crippen LogP contribution < -0.4 is 19.1 Å². The highest BCUT2D eigenvalue weighted by Crippen LogP contribution is 2.39. The molecule has 3 aromatic carbocycles. The van der Waals surface area contributed by atoms with E-state index in [1.54, 1.807) is 19.1 Å². The van der Waals surface area contributed by atoms with Crippen LogP contribution in [0.5, 0.6) is 17.2 Å². The Balaban J connectivity index is 1.38. The molecule has 0 N–H and O–H groups in total. The van der Waals surface area contributed by atoms with Crippen molar-refractivity contribution in [1.82, 2.24) is 9.55 Å². The molecule has 7 nitrogen and oxygen atoms in total. The maximum Gasteiger partial charge on any atom is 0.227 e. The maximum atomic E-state index is 13.1. The molecule has 2 heterocycles. The number of aryl methyl sites for hydroxylation is 1. The minimum atomic E-state index is -0.0270. The first-order chi connectivity index (χ1) is 17.2. The number of methoxy groups -OCH3 is 2. The second kappa shape index (κ2) is 10.1. The number of imidazole rings is 1. The normalized spacial score (nSPS) is 15.5. The minimum Gasteiger partial charge on any atom is -0.497 e. The number of aromatic nitrogens is 2. The van der Waals surface area contributed by atoms with Crippen LogP contribution in [-0.4, -0.2) is 42.8 Å². The largest absolute Gasteiger partial charge is 0.497 e. The molecule has 1 aliphatic rings. The third kappa shape index (κ3) is 4.67. The zero-order valence-corrected chi connectivity index (χ0v) is 20.0. The fourth-order valence-corrected chi connectivity index (χ4v) is 4.69. The van der Waals surface area contributed by atoms with E-state index in [1.807, 2.05) is 66.7 Å². The number of para-hydroxylation sites is 3. The van der Waals surface area contributed by atoms with Gasteiger partial charge in [0.05, 0.1) is 37.5 Å². The van der Waals surface area contributed by atoms with Gasteiger partial charge in [0.2, 0.25) is 5.91 Å². The van der Waals surface area contributed by atoms with E-state index in [-0.39, 0.29) is 11.8 Å². The molecule has 4 aromatic rings. The summed E-state index contributed by atoms with van der Waals surface area (Å²) in [6, 6.07) is 23.5. The van der Waals surface area contributed by atoms with Gasteiger partial charge in [-0.1, -0.05) is 30.3 Å². The Morgan fingerprint density at radius 2 is 1.74 bits per heavy atom. The summed E-state index contributed by atoms with van der Waals surface area (Å²) in [6.07, 6.45) is 1.22. The van der Waals surface area contributed by atoms with Gasteiger partial charge in [0, 0.05) is 31.5 Å². The van der Waals surface area contributed by atoms with Crippen molar-refractivity contribution >= 4 is 22.6 Å². The number of carbonyl (C=O) groups is 1. The van der Waals surface area contributed by atoms with Crippen LogP contribution in [0.2, 0.25) is 0 Å². The van der Waals surface area contributed by atoms with E-state index in [1.165, 1.54) is 0 Å². The molecule has 0 spiro atoms. The Morgan fingerprint density at radius 3 is 2.54 bits per heavy atom. The van der Waals surface area contributed by atoms with Crippen LogP contribution in [0.3, 0.4) is 0 Å². The van der Waals surface area contributed by atoms with Crippen molar-refractivity contribution in [3.05, 3.63) is 78.6 Å². The number of hydrogen-bond donors (Lipinski definition) is 0. The molecule has 7 heteroatoms. The molecule has 1 saturated heterocycles. The number of benzene rings is 3. The van der Waals surface area contributed by atoms with Crippen LogP contribution in [-0.2, 0) is 11.3 Å². The summed E-state index contributed by atoms with van der Waals surface area (Å²) >= 11 is 0. The third-order valence-corrected chi connectivity index (χ3v) is 6.39. The molecule has 0 bridgehead atoms. The van der Waals surface area contributed by atoms with Crippen LogP contribution in [0.15, 0.2) is 72.8 Å². The van der Waals surface area contributed by atoms with E-state index < -0.39 is 0 Å². The Hall–Kier alpha value is -4.00. The summed E-state index contributed by atoms with van der Waals surface area (Å²) in [5.74, 6) is 3.15. The Kier molecular flexibility index (Phi) is 6.57. The molecule has 180 valence electrons. The van der Waals surface area contributed by atoms with Crippen LogP contribution >= 0.6 is 0 Å². The topological polar surface area (TPSA) is 65.8 Å². The number of rotatable bonds is 9. The van der Waals surface area contributed by atoms with Crippen molar-refractivity contribution in [2.75, 3.05) is 32.3 Å². The van der Waals surface area contributed by atoms with Gasteiger partial charge in [-0.2, -0.15) is 0 Å². The van der Waals surface area contributed by atoms with Gasteiger partial charge in [0.25, 0.3) is 0 Å². The number of amides is 1. The van der Waals surface area contributed by atoms with Gasteiger partial charge in [0.15, 0.2) is 0 Å². The predicted octanol–water partition coefficient (Wildman–Crippen LogP) is 5.04. The fraction of sp³-hybridized carbons (Fsp3) is 0.286. The Morgan fingerprint density at radius 1 is 0.943 bits per heavy atom. The molecule has 1 atom stereocenters. The quantitative estimate of drug-likeness (QED) is 0.320. The number of carbonyl (C=O) groups excluding carboxylic acids is 1. The first-order valence-electron chi connectivity index (χ1n) is 11.8. The second-order valence-electron chi connectivity index (χ2n) is 8.57. The molecular weight excluding hydrogens is 442 g/mol. The lowest BCUT2D eigenvalue weighted by atomic mass is 10.1. The highest BCUT2D eigenvalue weighted by molar-refractivity contribution is 5.98. The van der Waals surface area contributed by atoms with Crippen molar-refractivity contribution in [2.45, 2.75) is 25.3 Å². The molecule has 1 amide bonds. The van der Waals surface area contributed by atoms with Crippen molar-refractivity contribution in [3.8, 4) is 17.2 Å². The summed E-state index contributed by atoms with van der Waals surface area (Å²) in [6.45, 7) is 1.90. The summed E-state index contributed by atoms with van der Waals surface area (Å²) < 4.78 is 19.1. The van der Waals surface area contributed by atoms with Gasteiger partial charge in [0.1, 0.15) is 23.1 Å². The van der Waals surface area contributed by atoms with E-state index in [0.717, 1.165) is 41.3 Å². The van der Waals surface area contributed by atoms with Gasteiger partial charge >= 0.3 is 0 Å². The Labute approximate surface area is 204 Å². The first-order valence-corrected chi connectivity index (χ1v) is 11.8. The van der Waals surface area contributed by atoms with Crippen molar-refractivity contribution in [2.24, 2.45) is 0 Å². The maximum absolute atomic E-state index is 13.1. The lowest BCUT2D eigenvalue weighted by Crippen LogP contribution is -2.25. The number of hydrogen-bond acceptors (Lipinski definition) is 5.